The summed E-state index contributed by atoms with van der Waals surface area (Å²) in [6.45, 7) is 3.73. The Balaban J connectivity index is 2.08. The Kier molecular flexibility index (Phi) is 5.12. The van der Waals surface area contributed by atoms with Crippen LogP contribution in [0.1, 0.15) is 25.3 Å². The molecule has 0 radical (unpaired) electrons. The van der Waals surface area contributed by atoms with Crippen LogP contribution in [0.2, 0.25) is 0 Å². The van der Waals surface area contributed by atoms with Gasteiger partial charge in [-0.25, -0.2) is 0 Å². The van der Waals surface area contributed by atoms with Gasteiger partial charge in [0.05, 0.1) is 6.54 Å². The van der Waals surface area contributed by atoms with Crippen molar-refractivity contribution < 1.29 is 9.59 Å². The number of carbonyl (C=O) groups is 2. The van der Waals surface area contributed by atoms with Crippen molar-refractivity contribution in [2.45, 2.75) is 26.3 Å². The normalized spacial score (nSPS) is 14.7. The van der Waals surface area contributed by atoms with Crippen molar-refractivity contribution in [3.63, 3.8) is 0 Å². The van der Waals surface area contributed by atoms with Gasteiger partial charge in [-0.2, -0.15) is 0 Å². The number of para-hydroxylation sites is 1. The number of rotatable bonds is 5. The number of fused-ring (bicyclic) bond motifs is 1. The fourth-order valence-corrected chi connectivity index (χ4v) is 2.23. The minimum atomic E-state index is -0.108. The molecule has 1 heterocycles. The average molecular weight is 275 g/mol. The summed E-state index contributed by atoms with van der Waals surface area (Å²) in [5.74, 6) is -0.177. The predicted molar refractivity (Wildman–Crippen MR) is 78.4 cm³/mol. The van der Waals surface area contributed by atoms with Gasteiger partial charge in [0.15, 0.2) is 0 Å². The maximum absolute atomic E-state index is 12.1. The maximum atomic E-state index is 12.1. The average Bonchev–Trinajstić information content (AvgIpc) is 2.60. The van der Waals surface area contributed by atoms with Crippen LogP contribution in [0.5, 0.6) is 0 Å². The molecule has 20 heavy (non-hydrogen) atoms. The molecular formula is C15H21N3O2. The van der Waals surface area contributed by atoms with Crippen molar-refractivity contribution in [1.82, 2.24) is 10.6 Å². The van der Waals surface area contributed by atoms with Gasteiger partial charge in [-0.15, -0.1) is 0 Å². The number of hydrogen-bond donors (Lipinski definition) is 2. The Morgan fingerprint density at radius 3 is 2.95 bits per heavy atom. The molecule has 5 nitrogen and oxygen atoms in total. The van der Waals surface area contributed by atoms with Gasteiger partial charge in [0.2, 0.25) is 11.8 Å². The highest BCUT2D eigenvalue weighted by Gasteiger charge is 2.23. The smallest absolute Gasteiger partial charge is 0.241 e. The summed E-state index contributed by atoms with van der Waals surface area (Å²) < 4.78 is 0. The lowest BCUT2D eigenvalue weighted by Crippen LogP contribution is -2.43. The molecule has 2 rings (SSSR count). The molecule has 2 amide bonds. The predicted octanol–water partition coefficient (Wildman–Crippen LogP) is 1.04. The first-order chi connectivity index (χ1) is 9.72. The van der Waals surface area contributed by atoms with E-state index in [1.165, 1.54) is 0 Å². The minimum Gasteiger partial charge on any atom is -0.355 e. The summed E-state index contributed by atoms with van der Waals surface area (Å²) in [5, 5.41) is 5.94. The fourth-order valence-electron chi connectivity index (χ4n) is 2.23. The highest BCUT2D eigenvalue weighted by Crippen LogP contribution is 2.22. The van der Waals surface area contributed by atoms with Gasteiger partial charge in [-0.05, 0) is 18.1 Å². The van der Waals surface area contributed by atoms with E-state index in [-0.39, 0.29) is 24.9 Å². The van der Waals surface area contributed by atoms with Crippen molar-refractivity contribution in [2.24, 2.45) is 0 Å². The van der Waals surface area contributed by atoms with Gasteiger partial charge in [0.1, 0.15) is 6.54 Å². The van der Waals surface area contributed by atoms with E-state index in [9.17, 15) is 9.59 Å². The Morgan fingerprint density at radius 1 is 1.35 bits per heavy atom. The molecule has 1 aromatic carbocycles. The third kappa shape index (κ3) is 3.57. The number of nitrogens with one attached hydrogen (secondary N) is 2. The van der Waals surface area contributed by atoms with E-state index in [0.717, 1.165) is 24.1 Å². The SMILES string of the molecule is CCCCNC(=O)CN1C(=O)CNCc2ccccc21. The standard InChI is InChI=1S/C15H21N3O2/c1-2-3-8-17-14(19)11-18-13-7-5-4-6-12(13)9-16-10-15(18)20/h4-7,16H,2-3,8-11H2,1H3,(H,17,19). The van der Waals surface area contributed by atoms with Crippen LogP contribution >= 0.6 is 0 Å². The number of anilines is 1. The van der Waals surface area contributed by atoms with Crippen LogP contribution in [-0.4, -0.2) is 31.4 Å². The summed E-state index contributed by atoms with van der Waals surface area (Å²) in [4.78, 5) is 25.6. The summed E-state index contributed by atoms with van der Waals surface area (Å²) >= 11 is 0. The Bertz CT molecular complexity index is 488. The number of hydrogen-bond acceptors (Lipinski definition) is 3. The van der Waals surface area contributed by atoms with Crippen LogP contribution in [0.4, 0.5) is 5.69 Å². The van der Waals surface area contributed by atoms with E-state index in [4.69, 9.17) is 0 Å². The number of amides is 2. The lowest BCUT2D eigenvalue weighted by Gasteiger charge is -2.22. The number of nitrogens with zero attached hydrogens (tertiary/aromatic N) is 1. The topological polar surface area (TPSA) is 61.4 Å². The molecule has 0 aliphatic carbocycles. The zero-order valence-electron chi connectivity index (χ0n) is 11.8. The van der Waals surface area contributed by atoms with Gasteiger partial charge in [-0.1, -0.05) is 31.5 Å². The van der Waals surface area contributed by atoms with E-state index in [1.54, 1.807) is 4.90 Å². The van der Waals surface area contributed by atoms with Crippen LogP contribution in [0.3, 0.4) is 0 Å². The fraction of sp³-hybridized carbons (Fsp3) is 0.467. The molecule has 108 valence electrons. The van der Waals surface area contributed by atoms with Crippen molar-refractivity contribution in [3.05, 3.63) is 29.8 Å². The zero-order valence-corrected chi connectivity index (χ0v) is 11.8. The molecule has 0 fully saturated rings. The Morgan fingerprint density at radius 2 is 2.15 bits per heavy atom. The second-order valence-electron chi connectivity index (χ2n) is 4.92. The van der Waals surface area contributed by atoms with Gasteiger partial charge < -0.3 is 15.5 Å². The van der Waals surface area contributed by atoms with Crippen molar-refractivity contribution in [1.29, 1.82) is 0 Å². The van der Waals surface area contributed by atoms with Gasteiger partial charge in [-0.3, -0.25) is 9.59 Å². The quantitative estimate of drug-likeness (QED) is 0.789. The second-order valence-corrected chi connectivity index (χ2v) is 4.92. The first kappa shape index (κ1) is 14.5. The first-order valence-electron chi connectivity index (χ1n) is 7.08. The molecule has 0 aromatic heterocycles. The molecule has 1 aliphatic heterocycles. The largest absolute Gasteiger partial charge is 0.355 e. The maximum Gasteiger partial charge on any atom is 0.241 e. The van der Waals surface area contributed by atoms with Crippen LogP contribution < -0.4 is 15.5 Å². The zero-order chi connectivity index (χ0) is 14.4. The second kappa shape index (κ2) is 7.05. The van der Waals surface area contributed by atoms with Crippen LogP contribution in [0.25, 0.3) is 0 Å². The van der Waals surface area contributed by atoms with E-state index in [2.05, 4.69) is 17.6 Å². The number of unbranched alkanes of at least 4 members (excludes halogenated alkanes) is 1. The molecule has 5 heteroatoms. The van der Waals surface area contributed by atoms with Gasteiger partial charge >= 0.3 is 0 Å². The highest BCUT2D eigenvalue weighted by atomic mass is 16.2. The van der Waals surface area contributed by atoms with Gasteiger partial charge in [0, 0.05) is 18.8 Å². The Hall–Kier alpha value is -1.88. The number of carbonyl (C=O) groups excluding carboxylic acids is 2. The summed E-state index contributed by atoms with van der Waals surface area (Å²) in [6, 6.07) is 7.69. The van der Waals surface area contributed by atoms with Crippen LogP contribution in [0, 0.1) is 0 Å². The lowest BCUT2D eigenvalue weighted by molar-refractivity contribution is -0.123. The monoisotopic (exact) mass is 275 g/mol. The molecule has 1 aromatic rings. The molecule has 2 N–H and O–H groups in total. The molecule has 0 spiro atoms. The van der Waals surface area contributed by atoms with Crippen LogP contribution in [-0.2, 0) is 16.1 Å². The highest BCUT2D eigenvalue weighted by molar-refractivity contribution is 6.00. The van der Waals surface area contributed by atoms with Gasteiger partial charge in [0.25, 0.3) is 0 Å². The summed E-state index contributed by atoms with van der Waals surface area (Å²) in [6.07, 6.45) is 1.99. The van der Waals surface area contributed by atoms with Crippen molar-refractivity contribution in [2.75, 3.05) is 24.5 Å². The molecule has 0 atom stereocenters. The molecule has 0 unspecified atom stereocenters. The lowest BCUT2D eigenvalue weighted by atomic mass is 10.1. The third-order valence-corrected chi connectivity index (χ3v) is 3.33. The molecular weight excluding hydrogens is 254 g/mol. The number of benzene rings is 1. The molecule has 1 aliphatic rings. The first-order valence-corrected chi connectivity index (χ1v) is 7.08. The molecule has 0 saturated heterocycles. The van der Waals surface area contributed by atoms with Crippen molar-refractivity contribution >= 4 is 17.5 Å². The molecule has 0 saturated carbocycles. The summed E-state index contributed by atoms with van der Waals surface area (Å²) in [7, 11) is 0. The molecule has 0 bridgehead atoms. The van der Waals surface area contributed by atoms with E-state index in [0.29, 0.717) is 13.1 Å². The third-order valence-electron chi connectivity index (χ3n) is 3.33. The van der Waals surface area contributed by atoms with Crippen molar-refractivity contribution in [3.8, 4) is 0 Å². The summed E-state index contributed by atoms with van der Waals surface area (Å²) in [5.41, 5.74) is 1.87. The Labute approximate surface area is 119 Å². The van der Waals surface area contributed by atoms with Crippen LogP contribution in [0.15, 0.2) is 24.3 Å². The van der Waals surface area contributed by atoms with E-state index in [1.807, 2.05) is 24.3 Å². The van der Waals surface area contributed by atoms with E-state index < -0.39 is 0 Å². The van der Waals surface area contributed by atoms with E-state index >= 15 is 0 Å². The minimum absolute atomic E-state index is 0.0689.